The van der Waals surface area contributed by atoms with Crippen LogP contribution in [-0.2, 0) is 12.8 Å². The zero-order valence-electron chi connectivity index (χ0n) is 16.7. The summed E-state index contributed by atoms with van der Waals surface area (Å²) in [6.07, 6.45) is 4.27. The molecule has 0 saturated heterocycles. The van der Waals surface area contributed by atoms with Crippen LogP contribution in [0.15, 0.2) is 85.2 Å². The molecule has 0 radical (unpaired) electrons. The summed E-state index contributed by atoms with van der Waals surface area (Å²) in [6, 6.07) is 22.4. The van der Waals surface area contributed by atoms with Gasteiger partial charge in [0.05, 0.1) is 0 Å². The predicted octanol–water partition coefficient (Wildman–Crippen LogP) is 3.84. The first-order chi connectivity index (χ1) is 15.2. The van der Waals surface area contributed by atoms with Gasteiger partial charge >= 0.3 is 11.7 Å². The SMILES string of the molecule is O=C1C(Cc2ccc(F)nc2)Nc2c(Cc3ccccc3)nc(-c3ccccc3)c[n+]21. The number of anilines is 1. The van der Waals surface area contributed by atoms with Crippen molar-refractivity contribution in [3.05, 3.63) is 108 Å². The maximum atomic E-state index is 13.2. The lowest BCUT2D eigenvalue weighted by molar-refractivity contribution is -0.552. The first-order valence-corrected chi connectivity index (χ1v) is 10.1. The summed E-state index contributed by atoms with van der Waals surface area (Å²) < 4.78 is 14.8. The number of benzene rings is 2. The van der Waals surface area contributed by atoms with Crippen LogP contribution in [0.2, 0.25) is 0 Å². The number of nitrogens with zero attached hydrogens (tertiary/aromatic N) is 3. The summed E-state index contributed by atoms with van der Waals surface area (Å²) in [7, 11) is 0. The molecule has 2 aromatic heterocycles. The van der Waals surface area contributed by atoms with Crippen LogP contribution in [-0.4, -0.2) is 21.9 Å². The third-order valence-corrected chi connectivity index (χ3v) is 5.38. The fraction of sp³-hybridized carbons (Fsp3) is 0.120. The van der Waals surface area contributed by atoms with E-state index in [0.29, 0.717) is 18.7 Å². The van der Waals surface area contributed by atoms with Crippen molar-refractivity contribution in [2.45, 2.75) is 18.9 Å². The van der Waals surface area contributed by atoms with Gasteiger partial charge in [0.2, 0.25) is 5.95 Å². The third-order valence-electron chi connectivity index (χ3n) is 5.38. The molecule has 0 fully saturated rings. The minimum absolute atomic E-state index is 0.0618. The second-order valence-corrected chi connectivity index (χ2v) is 7.55. The standard InChI is InChI=1S/C25H19FN4O/c26-23-12-11-18(15-27-23)14-21-25(31)30-16-22(19-9-5-2-6-10-19)28-20(24(30)29-21)13-17-7-3-1-4-8-17/h1-12,15-16,21H,13-14H2/p+1. The Labute approximate surface area is 179 Å². The van der Waals surface area contributed by atoms with Crippen molar-refractivity contribution < 1.29 is 13.8 Å². The molecular weight excluding hydrogens is 391 g/mol. The Morgan fingerprint density at radius 3 is 2.39 bits per heavy atom. The van der Waals surface area contributed by atoms with Crippen molar-refractivity contribution in [1.82, 2.24) is 9.97 Å². The van der Waals surface area contributed by atoms with Crippen molar-refractivity contribution in [3.8, 4) is 11.3 Å². The molecule has 0 saturated carbocycles. The van der Waals surface area contributed by atoms with Crippen LogP contribution in [0.1, 0.15) is 21.6 Å². The number of hydrogen-bond acceptors (Lipinski definition) is 4. The van der Waals surface area contributed by atoms with E-state index in [-0.39, 0.29) is 5.91 Å². The minimum atomic E-state index is -0.533. The van der Waals surface area contributed by atoms with E-state index in [2.05, 4.69) is 10.3 Å². The molecule has 5 nitrogen and oxygen atoms in total. The summed E-state index contributed by atoms with van der Waals surface area (Å²) in [5.41, 5.74) is 4.41. The topological polar surface area (TPSA) is 58.8 Å². The van der Waals surface area contributed by atoms with Gasteiger partial charge in [-0.15, -0.1) is 0 Å². The smallest absolute Gasteiger partial charge is 0.258 e. The van der Waals surface area contributed by atoms with E-state index >= 15 is 0 Å². The van der Waals surface area contributed by atoms with E-state index in [1.54, 1.807) is 16.8 Å². The Balaban J connectivity index is 1.53. The average Bonchev–Trinajstić information content (AvgIpc) is 3.12. The summed E-state index contributed by atoms with van der Waals surface area (Å²) in [4.78, 5) is 21.8. The Bertz CT molecular complexity index is 1230. The summed E-state index contributed by atoms with van der Waals surface area (Å²) >= 11 is 0. The van der Waals surface area contributed by atoms with Gasteiger partial charge in [0.1, 0.15) is 17.6 Å². The lowest BCUT2D eigenvalue weighted by atomic mass is 10.1. The number of carbonyl (C=O) groups excluding carboxylic acids is 1. The molecular formula is C25H20FN4O+. The van der Waals surface area contributed by atoms with Crippen LogP contribution in [0.5, 0.6) is 0 Å². The highest BCUT2D eigenvalue weighted by atomic mass is 19.1. The quantitative estimate of drug-likeness (QED) is 0.401. The van der Waals surface area contributed by atoms with Crippen molar-refractivity contribution in [1.29, 1.82) is 0 Å². The predicted molar refractivity (Wildman–Crippen MR) is 115 cm³/mol. The van der Waals surface area contributed by atoms with E-state index in [9.17, 15) is 9.18 Å². The number of rotatable bonds is 5. The number of pyridine rings is 1. The molecule has 31 heavy (non-hydrogen) atoms. The number of halogens is 1. The van der Waals surface area contributed by atoms with Gasteiger partial charge in [-0.25, -0.2) is 14.8 Å². The first kappa shape index (κ1) is 19.1. The van der Waals surface area contributed by atoms with E-state index in [4.69, 9.17) is 4.98 Å². The van der Waals surface area contributed by atoms with Crippen molar-refractivity contribution in [2.75, 3.05) is 5.32 Å². The fourth-order valence-corrected chi connectivity index (χ4v) is 3.84. The van der Waals surface area contributed by atoms with E-state index in [1.807, 2.05) is 60.7 Å². The van der Waals surface area contributed by atoms with Crippen LogP contribution < -0.4 is 9.88 Å². The molecule has 0 amide bonds. The molecule has 6 heteroatoms. The zero-order valence-corrected chi connectivity index (χ0v) is 16.7. The Kier molecular flexibility index (Phi) is 4.96. The molecule has 2 aromatic carbocycles. The van der Waals surface area contributed by atoms with Crippen LogP contribution >= 0.6 is 0 Å². The zero-order chi connectivity index (χ0) is 21.2. The van der Waals surface area contributed by atoms with Gasteiger partial charge in [0.25, 0.3) is 0 Å². The fourth-order valence-electron chi connectivity index (χ4n) is 3.84. The number of fused-ring (bicyclic) bond motifs is 1. The maximum absolute atomic E-state index is 13.2. The van der Waals surface area contributed by atoms with Crippen molar-refractivity contribution >= 4 is 11.7 Å². The van der Waals surface area contributed by atoms with Crippen molar-refractivity contribution in [3.63, 3.8) is 0 Å². The normalized spacial score (nSPS) is 14.9. The average molecular weight is 411 g/mol. The molecule has 1 atom stereocenters. The largest absolute Gasteiger partial charge is 0.359 e. The van der Waals surface area contributed by atoms with Crippen LogP contribution in [0, 0.1) is 5.95 Å². The van der Waals surface area contributed by atoms with Gasteiger partial charge in [-0.3, -0.25) is 5.32 Å². The second-order valence-electron chi connectivity index (χ2n) is 7.55. The van der Waals surface area contributed by atoms with E-state index < -0.39 is 12.0 Å². The van der Waals surface area contributed by atoms with Crippen LogP contribution in [0.4, 0.5) is 10.2 Å². The molecule has 1 aliphatic heterocycles. The molecule has 0 aliphatic carbocycles. The molecule has 0 spiro atoms. The Hall–Kier alpha value is -3.93. The number of aromatic nitrogens is 3. The van der Waals surface area contributed by atoms with Gasteiger partial charge in [-0.2, -0.15) is 8.96 Å². The first-order valence-electron chi connectivity index (χ1n) is 10.1. The van der Waals surface area contributed by atoms with Crippen LogP contribution in [0.25, 0.3) is 11.3 Å². The highest BCUT2D eigenvalue weighted by molar-refractivity contribution is 5.82. The van der Waals surface area contributed by atoms with Crippen molar-refractivity contribution in [2.24, 2.45) is 0 Å². The second kappa shape index (κ2) is 8.07. The highest BCUT2D eigenvalue weighted by Gasteiger charge is 2.41. The van der Waals surface area contributed by atoms with Gasteiger partial charge in [0.15, 0.2) is 6.04 Å². The molecule has 1 N–H and O–H groups in total. The van der Waals surface area contributed by atoms with Gasteiger partial charge in [0, 0.05) is 24.6 Å². The molecule has 1 unspecified atom stereocenters. The third kappa shape index (κ3) is 3.92. The lowest BCUT2D eigenvalue weighted by Gasteiger charge is -2.07. The van der Waals surface area contributed by atoms with Gasteiger partial charge in [-0.1, -0.05) is 66.7 Å². The van der Waals surface area contributed by atoms with E-state index in [0.717, 1.165) is 28.1 Å². The molecule has 3 heterocycles. The van der Waals surface area contributed by atoms with E-state index in [1.165, 1.54) is 12.3 Å². The van der Waals surface area contributed by atoms with Crippen LogP contribution in [0.3, 0.4) is 0 Å². The molecule has 1 aliphatic rings. The van der Waals surface area contributed by atoms with Gasteiger partial charge in [-0.05, 0) is 17.2 Å². The summed E-state index contributed by atoms with van der Waals surface area (Å²) in [5, 5.41) is 3.34. The molecule has 152 valence electrons. The minimum Gasteiger partial charge on any atom is -0.258 e. The summed E-state index contributed by atoms with van der Waals surface area (Å²) in [5.74, 6) is 0.107. The number of hydrogen-bond donors (Lipinski definition) is 1. The number of nitrogens with one attached hydrogen (secondary N) is 1. The number of carbonyl (C=O) groups is 1. The Morgan fingerprint density at radius 1 is 0.935 bits per heavy atom. The molecule has 5 rings (SSSR count). The maximum Gasteiger partial charge on any atom is 0.359 e. The highest BCUT2D eigenvalue weighted by Crippen LogP contribution is 2.24. The monoisotopic (exact) mass is 411 g/mol. The summed E-state index contributed by atoms with van der Waals surface area (Å²) in [6.45, 7) is 0. The van der Waals surface area contributed by atoms with Gasteiger partial charge < -0.3 is 0 Å². The Morgan fingerprint density at radius 2 is 1.68 bits per heavy atom. The molecule has 4 aromatic rings. The lowest BCUT2D eigenvalue weighted by Crippen LogP contribution is -2.44. The molecule has 0 bridgehead atoms.